The van der Waals surface area contributed by atoms with Gasteiger partial charge in [-0.2, -0.15) is 5.10 Å². The van der Waals surface area contributed by atoms with E-state index in [1.54, 1.807) is 0 Å². The molecule has 3 aromatic rings. The summed E-state index contributed by atoms with van der Waals surface area (Å²) in [5.41, 5.74) is 10.3. The van der Waals surface area contributed by atoms with Gasteiger partial charge in [0, 0.05) is 6.42 Å². The van der Waals surface area contributed by atoms with Crippen LogP contribution >= 0.6 is 0 Å². The van der Waals surface area contributed by atoms with Crippen molar-refractivity contribution in [3.8, 4) is 0 Å². The molecule has 0 fully saturated rings. The van der Waals surface area contributed by atoms with Crippen molar-refractivity contribution in [1.82, 2.24) is 5.43 Å². The number of hydrazone groups is 1. The van der Waals surface area contributed by atoms with Crippen LogP contribution < -0.4 is 5.43 Å². The largest absolute Gasteiger partial charge is 0.277 e. The molecular weight excluding hydrogens is 292 g/mol. The zero-order valence-electron chi connectivity index (χ0n) is 13.3. The fourth-order valence-electron chi connectivity index (χ4n) is 3.01. The Morgan fingerprint density at radius 3 is 1.67 bits per heavy atom. The Morgan fingerprint density at radius 1 is 0.583 bits per heavy atom. The van der Waals surface area contributed by atoms with Crippen molar-refractivity contribution < 1.29 is 0 Å². The van der Waals surface area contributed by atoms with Gasteiger partial charge in [0.2, 0.25) is 0 Å². The molecule has 0 unspecified atom stereocenters. The van der Waals surface area contributed by atoms with Crippen LogP contribution in [0.25, 0.3) is 11.3 Å². The first kappa shape index (κ1) is 14.5. The van der Waals surface area contributed by atoms with Crippen LogP contribution in [0.4, 0.5) is 0 Å². The summed E-state index contributed by atoms with van der Waals surface area (Å²) < 4.78 is 0. The molecule has 0 amide bonds. The number of hydrogen-bond donors (Lipinski definition) is 1. The lowest BCUT2D eigenvalue weighted by molar-refractivity contribution is 0.965. The number of hydrogen-bond acceptors (Lipinski definition) is 2. The van der Waals surface area contributed by atoms with Gasteiger partial charge in [0.1, 0.15) is 0 Å². The van der Waals surface area contributed by atoms with Crippen molar-refractivity contribution >= 4 is 17.0 Å². The van der Waals surface area contributed by atoms with Gasteiger partial charge in [-0.25, -0.2) is 0 Å². The van der Waals surface area contributed by atoms with E-state index in [1.807, 2.05) is 12.1 Å². The average Bonchev–Trinajstić information content (AvgIpc) is 2.69. The van der Waals surface area contributed by atoms with Gasteiger partial charge in [-0.1, -0.05) is 91.0 Å². The monoisotopic (exact) mass is 310 g/mol. The quantitative estimate of drug-likeness (QED) is 0.727. The molecule has 0 radical (unpaired) electrons. The molecule has 0 atom stereocenters. The van der Waals surface area contributed by atoms with E-state index in [0.29, 0.717) is 0 Å². The van der Waals surface area contributed by atoms with Gasteiger partial charge in [0.15, 0.2) is 0 Å². The van der Waals surface area contributed by atoms with Crippen LogP contribution in [0.1, 0.15) is 23.1 Å². The van der Waals surface area contributed by atoms with Crippen LogP contribution in [0.5, 0.6) is 0 Å². The molecule has 0 aromatic heterocycles. The molecule has 24 heavy (non-hydrogen) atoms. The summed E-state index contributed by atoms with van der Waals surface area (Å²) in [6.07, 6.45) is 0.811. The molecule has 0 aliphatic carbocycles. The third kappa shape index (κ3) is 2.86. The van der Waals surface area contributed by atoms with Crippen molar-refractivity contribution in [2.24, 2.45) is 5.10 Å². The average molecular weight is 310 g/mol. The van der Waals surface area contributed by atoms with Gasteiger partial charge in [0.25, 0.3) is 0 Å². The van der Waals surface area contributed by atoms with E-state index in [4.69, 9.17) is 0 Å². The third-order valence-corrected chi connectivity index (χ3v) is 4.24. The Morgan fingerprint density at radius 2 is 1.08 bits per heavy atom. The molecular formula is C22H18N2. The van der Waals surface area contributed by atoms with E-state index >= 15 is 0 Å². The maximum atomic E-state index is 4.64. The second-order valence-electron chi connectivity index (χ2n) is 5.80. The van der Waals surface area contributed by atoms with E-state index in [9.17, 15) is 0 Å². The van der Waals surface area contributed by atoms with E-state index in [-0.39, 0.29) is 0 Å². The highest BCUT2D eigenvalue weighted by atomic mass is 15.3. The molecule has 2 heteroatoms. The smallest absolute Gasteiger partial charge is 0.0724 e. The van der Waals surface area contributed by atoms with Gasteiger partial charge in [-0.05, 0) is 22.3 Å². The van der Waals surface area contributed by atoms with Gasteiger partial charge in [0.05, 0.1) is 11.4 Å². The first-order chi connectivity index (χ1) is 11.9. The minimum atomic E-state index is 0.811. The van der Waals surface area contributed by atoms with E-state index in [0.717, 1.165) is 29.0 Å². The van der Waals surface area contributed by atoms with Crippen molar-refractivity contribution in [2.45, 2.75) is 6.42 Å². The predicted molar refractivity (Wildman–Crippen MR) is 100 cm³/mol. The molecule has 0 spiro atoms. The Labute approximate surface area is 142 Å². The molecule has 1 N–H and O–H groups in total. The zero-order valence-corrected chi connectivity index (χ0v) is 13.3. The zero-order chi connectivity index (χ0) is 16.2. The molecule has 4 rings (SSSR count). The summed E-state index contributed by atoms with van der Waals surface area (Å²) in [6, 6.07) is 31.3. The molecule has 3 aromatic carbocycles. The molecule has 1 heterocycles. The summed E-state index contributed by atoms with van der Waals surface area (Å²) in [6.45, 7) is 0. The van der Waals surface area contributed by atoms with E-state index in [2.05, 4.69) is 89.4 Å². The number of benzene rings is 3. The first-order valence-corrected chi connectivity index (χ1v) is 8.14. The van der Waals surface area contributed by atoms with Gasteiger partial charge in [-0.15, -0.1) is 0 Å². The fraction of sp³-hybridized carbons (Fsp3) is 0.0455. The Kier molecular flexibility index (Phi) is 3.95. The minimum Gasteiger partial charge on any atom is -0.277 e. The third-order valence-electron chi connectivity index (χ3n) is 4.24. The molecule has 116 valence electrons. The Hall–Kier alpha value is -3.13. The molecule has 0 bridgehead atoms. The predicted octanol–water partition coefficient (Wildman–Crippen LogP) is 4.95. The van der Waals surface area contributed by atoms with Crippen LogP contribution in [-0.2, 0) is 0 Å². The second kappa shape index (κ2) is 6.55. The highest BCUT2D eigenvalue weighted by Gasteiger charge is 2.19. The molecule has 2 nitrogen and oxygen atoms in total. The SMILES string of the molecule is c1ccc(C2=NNC(c3ccccc3)=C(c3ccccc3)C2)cc1. The number of nitrogens with zero attached hydrogens (tertiary/aromatic N) is 1. The van der Waals surface area contributed by atoms with Crippen molar-refractivity contribution in [3.63, 3.8) is 0 Å². The van der Waals surface area contributed by atoms with E-state index in [1.165, 1.54) is 11.1 Å². The van der Waals surface area contributed by atoms with Gasteiger partial charge < -0.3 is 0 Å². The summed E-state index contributed by atoms with van der Waals surface area (Å²) in [4.78, 5) is 0. The van der Waals surface area contributed by atoms with Gasteiger partial charge in [-0.3, -0.25) is 5.43 Å². The van der Waals surface area contributed by atoms with Gasteiger partial charge >= 0.3 is 0 Å². The number of rotatable bonds is 3. The number of nitrogens with one attached hydrogen (secondary N) is 1. The lowest BCUT2D eigenvalue weighted by Gasteiger charge is -2.22. The van der Waals surface area contributed by atoms with Crippen molar-refractivity contribution in [2.75, 3.05) is 0 Å². The van der Waals surface area contributed by atoms with Crippen LogP contribution in [0.3, 0.4) is 0 Å². The Bertz CT molecular complexity index is 879. The maximum absolute atomic E-state index is 4.64. The minimum absolute atomic E-state index is 0.811. The normalized spacial score (nSPS) is 14.1. The molecule has 0 saturated carbocycles. The van der Waals surface area contributed by atoms with Crippen LogP contribution in [0.2, 0.25) is 0 Å². The fourth-order valence-corrected chi connectivity index (χ4v) is 3.01. The first-order valence-electron chi connectivity index (χ1n) is 8.14. The van der Waals surface area contributed by atoms with Crippen molar-refractivity contribution in [1.29, 1.82) is 0 Å². The summed E-state index contributed by atoms with van der Waals surface area (Å²) >= 11 is 0. The highest BCUT2D eigenvalue weighted by Crippen LogP contribution is 2.31. The van der Waals surface area contributed by atoms with Crippen LogP contribution in [0.15, 0.2) is 96.1 Å². The van der Waals surface area contributed by atoms with Crippen LogP contribution in [0, 0.1) is 0 Å². The summed E-state index contributed by atoms with van der Waals surface area (Å²) in [5, 5.41) is 4.64. The number of allylic oxidation sites excluding steroid dienone is 1. The molecule has 1 aliphatic rings. The Balaban J connectivity index is 1.79. The van der Waals surface area contributed by atoms with Crippen LogP contribution in [-0.4, -0.2) is 5.71 Å². The summed E-state index contributed by atoms with van der Waals surface area (Å²) in [7, 11) is 0. The van der Waals surface area contributed by atoms with E-state index < -0.39 is 0 Å². The lowest BCUT2D eigenvalue weighted by atomic mass is 9.92. The van der Waals surface area contributed by atoms with Crippen molar-refractivity contribution in [3.05, 3.63) is 108 Å². The molecule has 1 aliphatic heterocycles. The second-order valence-corrected chi connectivity index (χ2v) is 5.80. The summed E-state index contributed by atoms with van der Waals surface area (Å²) in [5.74, 6) is 0. The maximum Gasteiger partial charge on any atom is 0.0724 e. The standard InChI is InChI=1S/C22H18N2/c1-4-10-17(11-5-1)20-16-21(18-12-6-2-7-13-18)23-24-22(20)19-14-8-3-9-15-19/h1-15,24H,16H2. The molecule has 0 saturated heterocycles. The highest BCUT2D eigenvalue weighted by molar-refractivity contribution is 6.11. The topological polar surface area (TPSA) is 24.4 Å². The lowest BCUT2D eigenvalue weighted by Crippen LogP contribution is -2.19.